The van der Waals surface area contributed by atoms with Gasteiger partial charge in [0.05, 0.1) is 32.9 Å². The molecule has 1 aliphatic rings. The topological polar surface area (TPSA) is 114 Å². The summed E-state index contributed by atoms with van der Waals surface area (Å²) in [6.45, 7) is 0.164. The molecule has 1 fully saturated rings. The van der Waals surface area contributed by atoms with Gasteiger partial charge in [0.25, 0.3) is 0 Å². The average Bonchev–Trinajstić information content (AvgIpc) is 3.15. The number of amides is 2. The zero-order chi connectivity index (χ0) is 21.8. The van der Waals surface area contributed by atoms with E-state index in [-0.39, 0.29) is 30.1 Å². The number of hydrogen-bond acceptors (Lipinski definition) is 7. The number of hydrogen-bond donors (Lipinski definition) is 2. The predicted molar refractivity (Wildman–Crippen MR) is 108 cm³/mol. The maximum Gasteiger partial charge on any atom is 0.341 e. The predicted octanol–water partition coefficient (Wildman–Crippen LogP) is 2.19. The van der Waals surface area contributed by atoms with Crippen LogP contribution in [-0.4, -0.2) is 50.8 Å². The van der Waals surface area contributed by atoms with Gasteiger partial charge < -0.3 is 29.5 Å². The van der Waals surface area contributed by atoms with Crippen LogP contribution in [0.4, 0.5) is 11.4 Å². The van der Waals surface area contributed by atoms with Gasteiger partial charge in [-0.3, -0.25) is 9.59 Å². The summed E-state index contributed by atoms with van der Waals surface area (Å²) in [5.74, 6) is -1.40. The van der Waals surface area contributed by atoms with Gasteiger partial charge in [-0.2, -0.15) is 0 Å². The lowest BCUT2D eigenvalue weighted by Gasteiger charge is -2.18. The van der Waals surface area contributed by atoms with E-state index in [1.165, 1.54) is 44.4 Å². The Labute approximate surface area is 173 Å². The third-order valence-corrected chi connectivity index (χ3v) is 4.87. The quantitative estimate of drug-likeness (QED) is 0.550. The van der Waals surface area contributed by atoms with E-state index in [9.17, 15) is 19.5 Å². The molecular formula is C21H22N2O7. The number of ether oxygens (including phenoxy) is 3. The third-order valence-electron chi connectivity index (χ3n) is 4.87. The molecule has 1 saturated heterocycles. The standard InChI is InChI=1S/C21H22N2O7/c1-28-16-8-7-13(10-17(16)29-2)23-11-12(9-18(23)24)20(26)22-15-6-4-5-14(19(15)25)21(27)30-3/h4-8,10,12,25H,9,11H2,1-3H3,(H,22,26). The first-order valence-electron chi connectivity index (χ1n) is 9.13. The molecule has 30 heavy (non-hydrogen) atoms. The number of para-hydroxylation sites is 1. The van der Waals surface area contributed by atoms with Gasteiger partial charge in [-0.25, -0.2) is 4.79 Å². The van der Waals surface area contributed by atoms with Crippen molar-refractivity contribution in [3.63, 3.8) is 0 Å². The van der Waals surface area contributed by atoms with Crippen LogP contribution in [-0.2, 0) is 14.3 Å². The van der Waals surface area contributed by atoms with Crippen molar-refractivity contribution in [2.24, 2.45) is 5.92 Å². The summed E-state index contributed by atoms with van der Waals surface area (Å²) in [4.78, 5) is 38.4. The van der Waals surface area contributed by atoms with Crippen LogP contribution in [0.2, 0.25) is 0 Å². The molecule has 0 saturated carbocycles. The van der Waals surface area contributed by atoms with Crippen molar-refractivity contribution in [2.75, 3.05) is 38.1 Å². The fourth-order valence-corrected chi connectivity index (χ4v) is 3.28. The first kappa shape index (κ1) is 21.0. The number of benzene rings is 2. The molecule has 1 aliphatic heterocycles. The number of anilines is 2. The van der Waals surface area contributed by atoms with E-state index in [0.29, 0.717) is 17.2 Å². The van der Waals surface area contributed by atoms with E-state index in [2.05, 4.69) is 10.1 Å². The molecule has 3 rings (SSSR count). The largest absolute Gasteiger partial charge is 0.505 e. The van der Waals surface area contributed by atoms with E-state index in [1.54, 1.807) is 18.2 Å². The number of phenolic OH excluding ortho intramolecular Hbond substituents is 1. The summed E-state index contributed by atoms with van der Waals surface area (Å²) in [7, 11) is 4.21. The summed E-state index contributed by atoms with van der Waals surface area (Å²) < 4.78 is 15.1. The molecule has 1 unspecified atom stereocenters. The zero-order valence-corrected chi connectivity index (χ0v) is 16.8. The maximum absolute atomic E-state index is 12.7. The second-order valence-corrected chi connectivity index (χ2v) is 6.63. The number of methoxy groups -OCH3 is 3. The fraction of sp³-hybridized carbons (Fsp3) is 0.286. The Hall–Kier alpha value is -3.75. The van der Waals surface area contributed by atoms with Gasteiger partial charge in [0, 0.05) is 24.7 Å². The van der Waals surface area contributed by atoms with Crippen molar-refractivity contribution in [3.8, 4) is 17.2 Å². The highest BCUT2D eigenvalue weighted by Crippen LogP contribution is 2.35. The second-order valence-electron chi connectivity index (χ2n) is 6.63. The van der Waals surface area contributed by atoms with Crippen molar-refractivity contribution in [2.45, 2.75) is 6.42 Å². The van der Waals surface area contributed by atoms with E-state index < -0.39 is 23.5 Å². The minimum Gasteiger partial charge on any atom is -0.505 e. The van der Waals surface area contributed by atoms with Crippen molar-refractivity contribution < 1.29 is 33.7 Å². The lowest BCUT2D eigenvalue weighted by molar-refractivity contribution is -0.122. The number of nitrogens with zero attached hydrogens (tertiary/aromatic N) is 1. The zero-order valence-electron chi connectivity index (χ0n) is 16.8. The van der Waals surface area contributed by atoms with Crippen molar-refractivity contribution in [1.82, 2.24) is 0 Å². The second kappa shape index (κ2) is 8.73. The average molecular weight is 414 g/mol. The van der Waals surface area contributed by atoms with Crippen molar-refractivity contribution in [3.05, 3.63) is 42.0 Å². The van der Waals surface area contributed by atoms with E-state index >= 15 is 0 Å². The highest BCUT2D eigenvalue weighted by molar-refractivity contribution is 6.05. The molecule has 1 heterocycles. The number of carbonyl (C=O) groups excluding carboxylic acids is 3. The van der Waals surface area contributed by atoms with Crippen LogP contribution < -0.4 is 19.7 Å². The molecule has 2 aromatic rings. The molecule has 0 aromatic heterocycles. The SMILES string of the molecule is COC(=O)c1cccc(NC(=O)C2CC(=O)N(c3ccc(OC)c(OC)c3)C2)c1O. The summed E-state index contributed by atoms with van der Waals surface area (Å²) >= 11 is 0. The smallest absolute Gasteiger partial charge is 0.341 e. The van der Waals surface area contributed by atoms with E-state index in [4.69, 9.17) is 9.47 Å². The Morgan fingerprint density at radius 2 is 1.83 bits per heavy atom. The monoisotopic (exact) mass is 414 g/mol. The lowest BCUT2D eigenvalue weighted by Crippen LogP contribution is -2.28. The van der Waals surface area contributed by atoms with Crippen molar-refractivity contribution >= 4 is 29.2 Å². The number of esters is 1. The van der Waals surface area contributed by atoms with Crippen LogP contribution in [0, 0.1) is 5.92 Å². The number of aromatic hydroxyl groups is 1. The maximum atomic E-state index is 12.7. The van der Waals surface area contributed by atoms with Crippen LogP contribution in [0.15, 0.2) is 36.4 Å². The Bertz CT molecular complexity index is 989. The fourth-order valence-electron chi connectivity index (χ4n) is 3.28. The number of carbonyl (C=O) groups is 3. The minimum absolute atomic E-state index is 0.0115. The van der Waals surface area contributed by atoms with Gasteiger partial charge in [0.1, 0.15) is 5.56 Å². The molecule has 158 valence electrons. The van der Waals surface area contributed by atoms with Crippen LogP contribution >= 0.6 is 0 Å². The molecule has 9 nitrogen and oxygen atoms in total. The molecule has 0 aliphatic carbocycles. The molecule has 2 aromatic carbocycles. The first-order chi connectivity index (χ1) is 14.4. The normalized spacial score (nSPS) is 15.6. The number of rotatable bonds is 6. The van der Waals surface area contributed by atoms with Crippen LogP contribution in [0.5, 0.6) is 17.2 Å². The summed E-state index contributed by atoms with van der Waals surface area (Å²) in [6.07, 6.45) is 0.0115. The summed E-state index contributed by atoms with van der Waals surface area (Å²) in [6, 6.07) is 9.42. The Morgan fingerprint density at radius 1 is 1.10 bits per heavy atom. The van der Waals surface area contributed by atoms with Crippen molar-refractivity contribution in [1.29, 1.82) is 0 Å². The summed E-state index contributed by atoms with van der Waals surface area (Å²) in [5, 5.41) is 12.8. The van der Waals surface area contributed by atoms with Gasteiger partial charge >= 0.3 is 5.97 Å². The minimum atomic E-state index is -0.723. The van der Waals surface area contributed by atoms with Gasteiger partial charge in [0.15, 0.2) is 17.2 Å². The van der Waals surface area contributed by atoms with Crippen LogP contribution in [0.25, 0.3) is 0 Å². The Balaban J connectivity index is 1.75. The summed E-state index contributed by atoms with van der Waals surface area (Å²) in [5.41, 5.74) is 0.591. The third kappa shape index (κ3) is 4.00. The molecule has 2 amide bonds. The molecule has 9 heteroatoms. The molecule has 0 radical (unpaired) electrons. The Morgan fingerprint density at radius 3 is 2.50 bits per heavy atom. The first-order valence-corrected chi connectivity index (χ1v) is 9.13. The van der Waals surface area contributed by atoms with Gasteiger partial charge in [-0.1, -0.05) is 6.07 Å². The van der Waals surface area contributed by atoms with E-state index in [1.807, 2.05) is 0 Å². The van der Waals surface area contributed by atoms with Crippen LogP contribution in [0.3, 0.4) is 0 Å². The molecule has 2 N–H and O–H groups in total. The van der Waals surface area contributed by atoms with Gasteiger partial charge in [0.2, 0.25) is 11.8 Å². The number of phenols is 1. The molecule has 1 atom stereocenters. The highest BCUT2D eigenvalue weighted by atomic mass is 16.5. The van der Waals surface area contributed by atoms with E-state index in [0.717, 1.165) is 0 Å². The van der Waals surface area contributed by atoms with Crippen LogP contribution in [0.1, 0.15) is 16.8 Å². The molecular weight excluding hydrogens is 392 g/mol. The highest BCUT2D eigenvalue weighted by Gasteiger charge is 2.36. The lowest BCUT2D eigenvalue weighted by atomic mass is 10.1. The number of nitrogens with one attached hydrogen (secondary N) is 1. The van der Waals surface area contributed by atoms with Gasteiger partial charge in [-0.05, 0) is 24.3 Å². The Kier molecular flexibility index (Phi) is 6.10. The molecule has 0 bridgehead atoms. The molecule has 0 spiro atoms. The van der Waals surface area contributed by atoms with Gasteiger partial charge in [-0.15, -0.1) is 0 Å².